The minimum atomic E-state index is -3.69. The van der Waals surface area contributed by atoms with Gasteiger partial charge < -0.3 is 14.6 Å². The molecule has 1 saturated heterocycles. The molecule has 1 aliphatic rings. The molecule has 7 nitrogen and oxygen atoms in total. The van der Waals surface area contributed by atoms with Crippen LogP contribution in [-0.4, -0.2) is 57.3 Å². The third-order valence-corrected chi connectivity index (χ3v) is 7.03. The van der Waals surface area contributed by atoms with Crippen LogP contribution >= 0.6 is 0 Å². The SMILES string of the molecule is Cc1ccc(C(CNC(=O)c2ccc(S(=O)(=O)N3CCCCC3)o2)N(C)C)cc1. The number of nitrogens with one attached hydrogen (secondary N) is 1. The van der Waals surface area contributed by atoms with Crippen LogP contribution in [0, 0.1) is 6.92 Å². The highest BCUT2D eigenvalue weighted by Gasteiger charge is 2.29. The van der Waals surface area contributed by atoms with Gasteiger partial charge in [0.25, 0.3) is 15.9 Å². The van der Waals surface area contributed by atoms with Gasteiger partial charge in [0.15, 0.2) is 5.76 Å². The summed E-state index contributed by atoms with van der Waals surface area (Å²) in [5.74, 6) is -0.425. The number of benzene rings is 1. The van der Waals surface area contributed by atoms with Crippen molar-refractivity contribution in [3.8, 4) is 0 Å². The van der Waals surface area contributed by atoms with E-state index < -0.39 is 15.9 Å². The molecule has 2 heterocycles. The van der Waals surface area contributed by atoms with E-state index in [4.69, 9.17) is 4.42 Å². The van der Waals surface area contributed by atoms with Crippen LogP contribution in [0.5, 0.6) is 0 Å². The summed E-state index contributed by atoms with van der Waals surface area (Å²) < 4.78 is 32.2. The van der Waals surface area contributed by atoms with Gasteiger partial charge in [-0.1, -0.05) is 36.2 Å². The highest BCUT2D eigenvalue weighted by molar-refractivity contribution is 7.89. The summed E-state index contributed by atoms with van der Waals surface area (Å²) >= 11 is 0. The molecule has 29 heavy (non-hydrogen) atoms. The van der Waals surface area contributed by atoms with Crippen molar-refractivity contribution < 1.29 is 17.6 Å². The molecule has 0 spiro atoms. The molecule has 1 N–H and O–H groups in total. The number of aryl methyl sites for hydroxylation is 1. The van der Waals surface area contributed by atoms with E-state index >= 15 is 0 Å². The summed E-state index contributed by atoms with van der Waals surface area (Å²) in [7, 11) is 0.214. The summed E-state index contributed by atoms with van der Waals surface area (Å²) in [4.78, 5) is 14.6. The maximum absolute atomic E-state index is 12.7. The van der Waals surface area contributed by atoms with Crippen molar-refractivity contribution in [2.75, 3.05) is 33.7 Å². The lowest BCUT2D eigenvalue weighted by molar-refractivity contribution is 0.0908. The quantitative estimate of drug-likeness (QED) is 0.746. The third-order valence-electron chi connectivity index (χ3n) is 5.26. The van der Waals surface area contributed by atoms with Gasteiger partial charge in [-0.15, -0.1) is 0 Å². The molecule has 8 heteroatoms. The fourth-order valence-corrected chi connectivity index (χ4v) is 4.91. The Labute approximate surface area is 172 Å². The first-order valence-corrected chi connectivity index (χ1v) is 11.3. The maximum atomic E-state index is 12.7. The van der Waals surface area contributed by atoms with Gasteiger partial charge in [-0.05, 0) is 51.6 Å². The Morgan fingerprint density at radius 3 is 2.38 bits per heavy atom. The minimum Gasteiger partial charge on any atom is -0.438 e. The zero-order valence-electron chi connectivity index (χ0n) is 17.2. The largest absolute Gasteiger partial charge is 0.438 e. The van der Waals surface area contributed by atoms with E-state index in [1.807, 2.05) is 50.2 Å². The average molecular weight is 420 g/mol. The number of carbonyl (C=O) groups excluding carboxylic acids is 1. The zero-order valence-corrected chi connectivity index (χ0v) is 18.0. The summed E-state index contributed by atoms with van der Waals surface area (Å²) in [5.41, 5.74) is 2.27. The van der Waals surface area contributed by atoms with E-state index in [-0.39, 0.29) is 16.9 Å². The van der Waals surface area contributed by atoms with Crippen LogP contribution in [0.4, 0.5) is 0 Å². The van der Waals surface area contributed by atoms with Crippen LogP contribution in [0.3, 0.4) is 0 Å². The monoisotopic (exact) mass is 419 g/mol. The van der Waals surface area contributed by atoms with E-state index in [0.29, 0.717) is 19.6 Å². The number of sulfonamides is 1. The van der Waals surface area contributed by atoms with Crippen molar-refractivity contribution in [2.24, 2.45) is 0 Å². The normalized spacial score (nSPS) is 16.7. The van der Waals surface area contributed by atoms with Gasteiger partial charge in [0.2, 0.25) is 5.09 Å². The number of rotatable bonds is 7. The van der Waals surface area contributed by atoms with E-state index in [1.165, 1.54) is 22.0 Å². The highest BCUT2D eigenvalue weighted by atomic mass is 32.2. The second kappa shape index (κ2) is 9.11. The number of piperidine rings is 1. The summed E-state index contributed by atoms with van der Waals surface area (Å²) in [6.45, 7) is 3.39. The summed E-state index contributed by atoms with van der Waals surface area (Å²) in [6, 6.07) is 10.9. The van der Waals surface area contributed by atoms with Crippen LogP contribution in [0.2, 0.25) is 0 Å². The van der Waals surface area contributed by atoms with Crippen molar-refractivity contribution in [1.82, 2.24) is 14.5 Å². The van der Waals surface area contributed by atoms with Crippen LogP contribution in [0.25, 0.3) is 0 Å². The van der Waals surface area contributed by atoms with E-state index in [0.717, 1.165) is 24.8 Å². The topological polar surface area (TPSA) is 82.9 Å². The number of amides is 1. The molecule has 0 aliphatic carbocycles. The maximum Gasteiger partial charge on any atom is 0.287 e. The number of hydrogen-bond acceptors (Lipinski definition) is 5. The lowest BCUT2D eigenvalue weighted by atomic mass is 10.0. The highest BCUT2D eigenvalue weighted by Crippen LogP contribution is 2.23. The molecular formula is C21H29N3O4S. The van der Waals surface area contributed by atoms with Gasteiger partial charge in [-0.3, -0.25) is 4.79 Å². The number of furan rings is 1. The average Bonchev–Trinajstić information content (AvgIpc) is 3.21. The molecule has 1 aromatic heterocycles. The number of carbonyl (C=O) groups is 1. The molecule has 1 atom stereocenters. The molecule has 3 rings (SSSR count). The standard InChI is InChI=1S/C21H29N3O4S/c1-16-7-9-17(10-8-16)18(23(2)3)15-22-21(25)19-11-12-20(28-19)29(26,27)24-13-5-4-6-14-24/h7-12,18H,4-6,13-15H2,1-3H3,(H,22,25). The Morgan fingerprint density at radius 1 is 1.10 bits per heavy atom. The van der Waals surface area contributed by atoms with Crippen molar-refractivity contribution in [1.29, 1.82) is 0 Å². The summed E-state index contributed by atoms with van der Waals surface area (Å²) in [6.07, 6.45) is 2.72. The Bertz CT molecular complexity index is 929. The van der Waals surface area contributed by atoms with E-state index in [1.54, 1.807) is 0 Å². The Balaban J connectivity index is 1.67. The lowest BCUT2D eigenvalue weighted by Crippen LogP contribution is -2.35. The molecule has 1 aromatic carbocycles. The van der Waals surface area contributed by atoms with Gasteiger partial charge in [0.1, 0.15) is 0 Å². The fourth-order valence-electron chi connectivity index (χ4n) is 3.48. The number of likely N-dealkylation sites (N-methyl/N-ethyl adjacent to an activating group) is 1. The van der Waals surface area contributed by atoms with Crippen LogP contribution in [0.15, 0.2) is 45.9 Å². The van der Waals surface area contributed by atoms with Crippen LogP contribution in [0.1, 0.15) is 47.0 Å². The van der Waals surface area contributed by atoms with E-state index in [2.05, 4.69) is 5.32 Å². The summed E-state index contributed by atoms with van der Waals surface area (Å²) in [5, 5.41) is 2.68. The predicted octanol–water partition coefficient (Wildman–Crippen LogP) is 2.80. The molecule has 158 valence electrons. The molecule has 1 fully saturated rings. The predicted molar refractivity (Wildman–Crippen MR) is 111 cm³/mol. The van der Waals surface area contributed by atoms with Crippen molar-refractivity contribution >= 4 is 15.9 Å². The molecular weight excluding hydrogens is 390 g/mol. The van der Waals surface area contributed by atoms with Gasteiger partial charge >= 0.3 is 0 Å². The van der Waals surface area contributed by atoms with Crippen LogP contribution in [-0.2, 0) is 10.0 Å². The smallest absolute Gasteiger partial charge is 0.287 e. The first-order valence-electron chi connectivity index (χ1n) is 9.90. The second-order valence-electron chi connectivity index (χ2n) is 7.68. The Hall–Kier alpha value is -2.16. The molecule has 0 radical (unpaired) electrons. The number of hydrogen-bond donors (Lipinski definition) is 1. The second-order valence-corrected chi connectivity index (χ2v) is 9.55. The van der Waals surface area contributed by atoms with E-state index in [9.17, 15) is 13.2 Å². The van der Waals surface area contributed by atoms with Gasteiger partial charge in [0, 0.05) is 19.6 Å². The van der Waals surface area contributed by atoms with Gasteiger partial charge in [0.05, 0.1) is 6.04 Å². The first-order chi connectivity index (χ1) is 13.8. The van der Waals surface area contributed by atoms with Crippen molar-refractivity contribution in [2.45, 2.75) is 37.3 Å². The number of nitrogens with zero attached hydrogens (tertiary/aromatic N) is 2. The minimum absolute atomic E-state index is 0.00185. The van der Waals surface area contributed by atoms with Gasteiger partial charge in [-0.25, -0.2) is 8.42 Å². The van der Waals surface area contributed by atoms with Crippen LogP contribution < -0.4 is 5.32 Å². The molecule has 1 unspecified atom stereocenters. The molecule has 0 saturated carbocycles. The Kier molecular flexibility index (Phi) is 6.77. The van der Waals surface area contributed by atoms with Crippen molar-refractivity contribution in [3.05, 3.63) is 53.3 Å². The fraction of sp³-hybridized carbons (Fsp3) is 0.476. The molecule has 1 aliphatic heterocycles. The Morgan fingerprint density at radius 2 is 1.76 bits per heavy atom. The van der Waals surface area contributed by atoms with Crippen molar-refractivity contribution in [3.63, 3.8) is 0 Å². The first kappa shape index (κ1) is 21.5. The third kappa shape index (κ3) is 5.07. The molecule has 1 amide bonds. The molecule has 0 bridgehead atoms. The molecule has 2 aromatic rings. The zero-order chi connectivity index (χ0) is 21.0. The van der Waals surface area contributed by atoms with Gasteiger partial charge in [-0.2, -0.15) is 4.31 Å². The lowest BCUT2D eigenvalue weighted by Gasteiger charge is -2.25.